The number of nitrogens with zero attached hydrogens (tertiary/aromatic N) is 1. The molecular formula is C13H19FN2. The molecule has 0 aliphatic carbocycles. The quantitative estimate of drug-likeness (QED) is 0.780. The molecule has 0 amide bonds. The van der Waals surface area contributed by atoms with Gasteiger partial charge in [-0.25, -0.2) is 4.39 Å². The maximum atomic E-state index is 12.9. The first-order chi connectivity index (χ1) is 7.58. The summed E-state index contributed by atoms with van der Waals surface area (Å²) in [5.74, 6) is 1.16. The van der Waals surface area contributed by atoms with Crippen LogP contribution in [0.4, 0.5) is 15.8 Å². The normalized spacial score (nSPS) is 20.8. The van der Waals surface area contributed by atoms with Gasteiger partial charge in [0.2, 0.25) is 0 Å². The molecule has 1 aliphatic rings. The average Bonchev–Trinajstić information content (AvgIpc) is 2.66. The molecule has 2 N–H and O–H groups in total. The van der Waals surface area contributed by atoms with Gasteiger partial charge < -0.3 is 10.6 Å². The van der Waals surface area contributed by atoms with Crippen LogP contribution in [0, 0.1) is 17.7 Å². The van der Waals surface area contributed by atoms with Crippen LogP contribution in [0.15, 0.2) is 18.2 Å². The number of benzene rings is 1. The summed E-state index contributed by atoms with van der Waals surface area (Å²) in [7, 11) is 0. The van der Waals surface area contributed by atoms with Crippen molar-refractivity contribution in [1.29, 1.82) is 0 Å². The molecule has 0 saturated carbocycles. The Morgan fingerprint density at radius 2 is 2.19 bits per heavy atom. The first kappa shape index (κ1) is 11.2. The van der Waals surface area contributed by atoms with E-state index < -0.39 is 0 Å². The van der Waals surface area contributed by atoms with Crippen molar-refractivity contribution >= 4 is 11.4 Å². The van der Waals surface area contributed by atoms with E-state index in [1.54, 1.807) is 6.07 Å². The molecule has 1 aliphatic heterocycles. The number of nitrogen functional groups attached to an aromatic ring is 1. The van der Waals surface area contributed by atoms with Gasteiger partial charge in [0.15, 0.2) is 0 Å². The zero-order valence-corrected chi connectivity index (χ0v) is 9.91. The molecule has 1 aromatic rings. The molecular weight excluding hydrogens is 203 g/mol. The molecule has 16 heavy (non-hydrogen) atoms. The third-order valence-electron chi connectivity index (χ3n) is 3.50. The van der Waals surface area contributed by atoms with Gasteiger partial charge in [-0.2, -0.15) is 0 Å². The lowest BCUT2D eigenvalue weighted by atomic mass is 9.95. The Kier molecular flexibility index (Phi) is 3.03. The summed E-state index contributed by atoms with van der Waals surface area (Å²) in [6.07, 6.45) is 1.20. The Hall–Kier alpha value is -1.25. The van der Waals surface area contributed by atoms with Gasteiger partial charge in [-0.15, -0.1) is 0 Å². The minimum Gasteiger partial charge on any atom is -0.397 e. The van der Waals surface area contributed by atoms with E-state index in [1.807, 2.05) is 0 Å². The lowest BCUT2D eigenvalue weighted by Crippen LogP contribution is -2.22. The fourth-order valence-electron chi connectivity index (χ4n) is 2.36. The summed E-state index contributed by atoms with van der Waals surface area (Å²) in [5.41, 5.74) is 7.36. The monoisotopic (exact) mass is 222 g/mol. The third-order valence-corrected chi connectivity index (χ3v) is 3.50. The molecule has 0 spiro atoms. The molecule has 2 rings (SSSR count). The Morgan fingerprint density at radius 3 is 2.75 bits per heavy atom. The highest BCUT2D eigenvalue weighted by atomic mass is 19.1. The van der Waals surface area contributed by atoms with Crippen LogP contribution in [0.5, 0.6) is 0 Å². The molecule has 2 nitrogen and oxygen atoms in total. The molecule has 1 atom stereocenters. The van der Waals surface area contributed by atoms with Crippen molar-refractivity contribution in [3.05, 3.63) is 24.0 Å². The molecule has 1 aromatic carbocycles. The van der Waals surface area contributed by atoms with Crippen molar-refractivity contribution in [2.75, 3.05) is 23.7 Å². The van der Waals surface area contributed by atoms with Crippen LogP contribution in [0.3, 0.4) is 0 Å². The fraction of sp³-hybridized carbons (Fsp3) is 0.538. The zero-order chi connectivity index (χ0) is 11.7. The van der Waals surface area contributed by atoms with Crippen molar-refractivity contribution in [3.8, 4) is 0 Å². The van der Waals surface area contributed by atoms with Crippen LogP contribution in [0.1, 0.15) is 20.3 Å². The molecule has 88 valence electrons. The topological polar surface area (TPSA) is 29.3 Å². The zero-order valence-electron chi connectivity index (χ0n) is 9.91. The van der Waals surface area contributed by atoms with E-state index in [9.17, 15) is 4.39 Å². The van der Waals surface area contributed by atoms with Crippen LogP contribution >= 0.6 is 0 Å². The van der Waals surface area contributed by atoms with Crippen LogP contribution in [-0.2, 0) is 0 Å². The van der Waals surface area contributed by atoms with Gasteiger partial charge in [-0.1, -0.05) is 13.8 Å². The molecule has 0 aromatic heterocycles. The lowest BCUT2D eigenvalue weighted by molar-refractivity contribution is 0.423. The highest BCUT2D eigenvalue weighted by Crippen LogP contribution is 2.31. The van der Waals surface area contributed by atoms with E-state index in [0.717, 1.165) is 24.7 Å². The minimum absolute atomic E-state index is 0.263. The number of halogens is 1. The summed E-state index contributed by atoms with van der Waals surface area (Å²) in [6.45, 7) is 6.57. The smallest absolute Gasteiger partial charge is 0.125 e. The standard InChI is InChI=1S/C13H19FN2/c1-9(2)10-5-6-16(8-10)13-4-3-11(14)7-12(13)15/h3-4,7,9-10H,5-6,8,15H2,1-2H3. The van der Waals surface area contributed by atoms with E-state index in [2.05, 4.69) is 18.7 Å². The van der Waals surface area contributed by atoms with E-state index in [-0.39, 0.29) is 5.82 Å². The summed E-state index contributed by atoms with van der Waals surface area (Å²) in [6, 6.07) is 4.67. The highest BCUT2D eigenvalue weighted by molar-refractivity contribution is 5.67. The number of hydrogen-bond donors (Lipinski definition) is 1. The predicted molar refractivity (Wildman–Crippen MR) is 66.0 cm³/mol. The van der Waals surface area contributed by atoms with Gasteiger partial charge >= 0.3 is 0 Å². The van der Waals surface area contributed by atoms with E-state index in [1.165, 1.54) is 18.6 Å². The molecule has 3 heteroatoms. The van der Waals surface area contributed by atoms with Gasteiger partial charge in [0.1, 0.15) is 5.82 Å². The molecule has 1 heterocycles. The maximum Gasteiger partial charge on any atom is 0.125 e. The second kappa shape index (κ2) is 4.32. The molecule has 0 radical (unpaired) electrons. The third kappa shape index (κ3) is 2.13. The Balaban J connectivity index is 2.14. The number of hydrogen-bond acceptors (Lipinski definition) is 2. The highest BCUT2D eigenvalue weighted by Gasteiger charge is 2.25. The van der Waals surface area contributed by atoms with Gasteiger partial charge in [0.25, 0.3) is 0 Å². The van der Waals surface area contributed by atoms with Crippen LogP contribution < -0.4 is 10.6 Å². The Labute approximate surface area is 96.2 Å². The van der Waals surface area contributed by atoms with Gasteiger partial charge in [-0.3, -0.25) is 0 Å². The summed E-state index contributed by atoms with van der Waals surface area (Å²) >= 11 is 0. The van der Waals surface area contributed by atoms with Crippen LogP contribution in [-0.4, -0.2) is 13.1 Å². The number of nitrogens with two attached hydrogens (primary N) is 1. The van der Waals surface area contributed by atoms with Crippen molar-refractivity contribution in [3.63, 3.8) is 0 Å². The Morgan fingerprint density at radius 1 is 1.44 bits per heavy atom. The lowest BCUT2D eigenvalue weighted by Gasteiger charge is -2.21. The van der Waals surface area contributed by atoms with Crippen molar-refractivity contribution in [1.82, 2.24) is 0 Å². The molecule has 0 bridgehead atoms. The van der Waals surface area contributed by atoms with Gasteiger partial charge in [0, 0.05) is 13.1 Å². The Bertz CT molecular complexity index is 376. The summed E-state index contributed by atoms with van der Waals surface area (Å²) < 4.78 is 12.9. The van der Waals surface area contributed by atoms with Crippen molar-refractivity contribution in [2.45, 2.75) is 20.3 Å². The van der Waals surface area contributed by atoms with Gasteiger partial charge in [-0.05, 0) is 36.5 Å². The minimum atomic E-state index is -0.263. The largest absolute Gasteiger partial charge is 0.397 e. The SMILES string of the molecule is CC(C)C1CCN(c2ccc(F)cc2N)C1. The van der Waals surface area contributed by atoms with E-state index in [0.29, 0.717) is 11.6 Å². The number of rotatable bonds is 2. The van der Waals surface area contributed by atoms with E-state index >= 15 is 0 Å². The first-order valence-corrected chi connectivity index (χ1v) is 5.88. The molecule has 1 unspecified atom stereocenters. The van der Waals surface area contributed by atoms with Crippen LogP contribution in [0.25, 0.3) is 0 Å². The van der Waals surface area contributed by atoms with Crippen LogP contribution in [0.2, 0.25) is 0 Å². The van der Waals surface area contributed by atoms with Crippen molar-refractivity contribution in [2.24, 2.45) is 11.8 Å². The number of anilines is 2. The molecule has 1 saturated heterocycles. The summed E-state index contributed by atoms with van der Waals surface area (Å²) in [5, 5.41) is 0. The van der Waals surface area contributed by atoms with E-state index in [4.69, 9.17) is 5.73 Å². The second-order valence-electron chi connectivity index (χ2n) is 4.94. The second-order valence-corrected chi connectivity index (χ2v) is 4.94. The first-order valence-electron chi connectivity index (χ1n) is 5.88. The summed E-state index contributed by atoms with van der Waals surface area (Å²) in [4.78, 5) is 2.26. The maximum absolute atomic E-state index is 12.9. The fourth-order valence-corrected chi connectivity index (χ4v) is 2.36. The predicted octanol–water partition coefficient (Wildman–Crippen LogP) is 2.89. The molecule has 1 fully saturated rings. The van der Waals surface area contributed by atoms with Crippen molar-refractivity contribution < 1.29 is 4.39 Å². The average molecular weight is 222 g/mol. The van der Waals surface area contributed by atoms with Gasteiger partial charge in [0.05, 0.1) is 11.4 Å².